The molecule has 1 saturated carbocycles. The Morgan fingerprint density at radius 2 is 2.12 bits per heavy atom. The molecule has 0 radical (unpaired) electrons. The number of fused-ring (bicyclic) bond motifs is 1. The van der Waals surface area contributed by atoms with Gasteiger partial charge < -0.3 is 25.5 Å². The standard InChI is InChI=1S/C16H20N4O4/c1-23-10-4-5-12-11(8-10)19-13(24-12)9-18-15(22)20-16(14(17)21)6-2-3-7-16/h4-5,8H,2-3,6-7,9H2,1H3,(H2,17,21)(H2,18,20,22). The Morgan fingerprint density at radius 1 is 1.38 bits per heavy atom. The second-order valence-corrected chi connectivity index (χ2v) is 5.90. The Labute approximate surface area is 138 Å². The molecule has 0 bridgehead atoms. The third kappa shape index (κ3) is 3.12. The fourth-order valence-corrected chi connectivity index (χ4v) is 2.99. The quantitative estimate of drug-likeness (QED) is 0.765. The van der Waals surface area contributed by atoms with Crippen LogP contribution < -0.4 is 21.1 Å². The van der Waals surface area contributed by atoms with Crippen LogP contribution in [0.25, 0.3) is 11.1 Å². The van der Waals surface area contributed by atoms with Crippen molar-refractivity contribution in [2.24, 2.45) is 5.73 Å². The van der Waals surface area contributed by atoms with Gasteiger partial charge in [-0.15, -0.1) is 0 Å². The lowest BCUT2D eigenvalue weighted by Crippen LogP contribution is -2.57. The van der Waals surface area contributed by atoms with E-state index in [0.29, 0.717) is 35.6 Å². The molecule has 1 aliphatic rings. The van der Waals surface area contributed by atoms with E-state index in [9.17, 15) is 9.59 Å². The number of hydrogen-bond donors (Lipinski definition) is 3. The molecule has 0 aliphatic heterocycles. The molecule has 1 fully saturated rings. The van der Waals surface area contributed by atoms with Crippen LogP contribution in [0.2, 0.25) is 0 Å². The maximum absolute atomic E-state index is 12.1. The Bertz CT molecular complexity index is 765. The maximum Gasteiger partial charge on any atom is 0.316 e. The number of carbonyl (C=O) groups excluding carboxylic acids is 2. The number of ether oxygens (including phenoxy) is 1. The molecule has 8 nitrogen and oxygen atoms in total. The van der Waals surface area contributed by atoms with Crippen molar-refractivity contribution in [1.82, 2.24) is 15.6 Å². The second kappa shape index (κ2) is 6.38. The summed E-state index contributed by atoms with van der Waals surface area (Å²) in [6.07, 6.45) is 2.88. The zero-order chi connectivity index (χ0) is 17.2. The number of nitrogens with zero attached hydrogens (tertiary/aromatic N) is 1. The number of aromatic nitrogens is 1. The van der Waals surface area contributed by atoms with Crippen molar-refractivity contribution in [2.45, 2.75) is 37.8 Å². The number of methoxy groups -OCH3 is 1. The van der Waals surface area contributed by atoms with Crippen LogP contribution in [0, 0.1) is 0 Å². The number of nitrogens with one attached hydrogen (secondary N) is 2. The Hall–Kier alpha value is -2.77. The van der Waals surface area contributed by atoms with E-state index in [0.717, 1.165) is 12.8 Å². The Balaban J connectivity index is 1.62. The van der Waals surface area contributed by atoms with Crippen LogP contribution in [0.4, 0.5) is 4.79 Å². The zero-order valence-corrected chi connectivity index (χ0v) is 13.4. The average Bonchev–Trinajstić information content (AvgIpc) is 3.19. The lowest BCUT2D eigenvalue weighted by molar-refractivity contribution is -0.123. The predicted molar refractivity (Wildman–Crippen MR) is 86.3 cm³/mol. The van der Waals surface area contributed by atoms with E-state index in [2.05, 4.69) is 15.6 Å². The highest BCUT2D eigenvalue weighted by Gasteiger charge is 2.40. The van der Waals surface area contributed by atoms with Crippen LogP contribution >= 0.6 is 0 Å². The predicted octanol–water partition coefficient (Wildman–Crippen LogP) is 1.43. The topological polar surface area (TPSA) is 119 Å². The van der Waals surface area contributed by atoms with Gasteiger partial charge in [-0.3, -0.25) is 4.79 Å². The summed E-state index contributed by atoms with van der Waals surface area (Å²) in [6.45, 7) is 0.109. The molecule has 1 aromatic carbocycles. The fraction of sp³-hybridized carbons (Fsp3) is 0.438. The zero-order valence-electron chi connectivity index (χ0n) is 13.4. The van der Waals surface area contributed by atoms with Crippen LogP contribution in [-0.4, -0.2) is 29.6 Å². The van der Waals surface area contributed by atoms with Gasteiger partial charge >= 0.3 is 6.03 Å². The van der Waals surface area contributed by atoms with Gasteiger partial charge in [0.2, 0.25) is 11.8 Å². The Kier molecular flexibility index (Phi) is 4.28. The summed E-state index contributed by atoms with van der Waals surface area (Å²) < 4.78 is 10.7. The molecule has 128 valence electrons. The number of nitrogens with two attached hydrogens (primary N) is 1. The van der Waals surface area contributed by atoms with E-state index in [-0.39, 0.29) is 6.54 Å². The lowest BCUT2D eigenvalue weighted by Gasteiger charge is -2.26. The molecule has 3 amide bonds. The number of carbonyl (C=O) groups is 2. The Morgan fingerprint density at radius 3 is 2.79 bits per heavy atom. The molecule has 8 heteroatoms. The first-order valence-electron chi connectivity index (χ1n) is 7.82. The molecule has 1 aromatic heterocycles. The molecular weight excluding hydrogens is 312 g/mol. The number of hydrogen-bond acceptors (Lipinski definition) is 5. The van der Waals surface area contributed by atoms with E-state index in [1.807, 2.05) is 0 Å². The molecule has 0 saturated heterocycles. The summed E-state index contributed by atoms with van der Waals surface area (Å²) in [7, 11) is 1.58. The summed E-state index contributed by atoms with van der Waals surface area (Å²) in [5.41, 5.74) is 5.75. The molecule has 4 N–H and O–H groups in total. The number of urea groups is 1. The van der Waals surface area contributed by atoms with Gasteiger partial charge in [-0.25, -0.2) is 9.78 Å². The van der Waals surface area contributed by atoms with Crippen LogP contribution in [0.1, 0.15) is 31.6 Å². The van der Waals surface area contributed by atoms with Gasteiger partial charge in [0.05, 0.1) is 13.7 Å². The summed E-state index contributed by atoms with van der Waals surface area (Å²) in [5.74, 6) is 0.551. The normalized spacial score (nSPS) is 16.0. The molecule has 1 heterocycles. The molecule has 0 unspecified atom stereocenters. The van der Waals surface area contributed by atoms with E-state index >= 15 is 0 Å². The van der Waals surface area contributed by atoms with E-state index in [1.165, 1.54) is 0 Å². The van der Waals surface area contributed by atoms with Crippen molar-refractivity contribution in [1.29, 1.82) is 0 Å². The first-order valence-corrected chi connectivity index (χ1v) is 7.82. The van der Waals surface area contributed by atoms with Gasteiger partial charge in [0.25, 0.3) is 0 Å². The highest BCUT2D eigenvalue weighted by atomic mass is 16.5. The number of benzene rings is 1. The van der Waals surface area contributed by atoms with Gasteiger partial charge in [0.1, 0.15) is 16.8 Å². The molecule has 3 rings (SSSR count). The highest BCUT2D eigenvalue weighted by Crippen LogP contribution is 2.29. The van der Waals surface area contributed by atoms with Crippen molar-refractivity contribution in [3.63, 3.8) is 0 Å². The van der Waals surface area contributed by atoms with Crippen molar-refractivity contribution in [2.75, 3.05) is 7.11 Å². The number of amides is 3. The maximum atomic E-state index is 12.1. The largest absolute Gasteiger partial charge is 0.497 e. The summed E-state index contributed by atoms with van der Waals surface area (Å²) in [6, 6.07) is 4.82. The second-order valence-electron chi connectivity index (χ2n) is 5.90. The molecule has 2 aromatic rings. The van der Waals surface area contributed by atoms with Crippen LogP contribution in [-0.2, 0) is 11.3 Å². The molecule has 24 heavy (non-hydrogen) atoms. The van der Waals surface area contributed by atoms with E-state index in [4.69, 9.17) is 14.9 Å². The first-order chi connectivity index (χ1) is 11.5. The third-order valence-corrected chi connectivity index (χ3v) is 4.32. The van der Waals surface area contributed by atoms with Gasteiger partial charge in [-0.1, -0.05) is 12.8 Å². The number of oxazole rings is 1. The van der Waals surface area contributed by atoms with Gasteiger partial charge in [-0.2, -0.15) is 0 Å². The minimum Gasteiger partial charge on any atom is -0.497 e. The van der Waals surface area contributed by atoms with Crippen molar-refractivity contribution in [3.05, 3.63) is 24.1 Å². The first kappa shape index (κ1) is 16.1. The molecule has 1 aliphatic carbocycles. The lowest BCUT2D eigenvalue weighted by atomic mass is 9.97. The SMILES string of the molecule is COc1ccc2oc(CNC(=O)NC3(C(N)=O)CCCC3)nc2c1. The minimum atomic E-state index is -0.946. The number of primary amides is 1. The minimum absolute atomic E-state index is 0.109. The molecule has 0 atom stereocenters. The smallest absolute Gasteiger partial charge is 0.316 e. The van der Waals surface area contributed by atoms with Gasteiger partial charge in [0.15, 0.2) is 5.58 Å². The monoisotopic (exact) mass is 332 g/mol. The molecule has 0 spiro atoms. The van der Waals surface area contributed by atoms with Crippen LogP contribution in [0.3, 0.4) is 0 Å². The van der Waals surface area contributed by atoms with Crippen LogP contribution in [0.5, 0.6) is 5.75 Å². The third-order valence-electron chi connectivity index (χ3n) is 4.32. The summed E-state index contributed by atoms with van der Waals surface area (Å²) >= 11 is 0. The summed E-state index contributed by atoms with van der Waals surface area (Å²) in [4.78, 5) is 28.0. The number of rotatable bonds is 5. The van der Waals surface area contributed by atoms with Crippen molar-refractivity contribution < 1.29 is 18.7 Å². The van der Waals surface area contributed by atoms with Crippen LogP contribution in [0.15, 0.2) is 22.6 Å². The highest BCUT2D eigenvalue weighted by molar-refractivity contribution is 5.90. The van der Waals surface area contributed by atoms with Gasteiger partial charge in [-0.05, 0) is 25.0 Å². The van der Waals surface area contributed by atoms with E-state index < -0.39 is 17.5 Å². The van der Waals surface area contributed by atoms with E-state index in [1.54, 1.807) is 25.3 Å². The average molecular weight is 332 g/mol. The van der Waals surface area contributed by atoms with Gasteiger partial charge in [0, 0.05) is 6.07 Å². The molecular formula is C16H20N4O4. The van der Waals surface area contributed by atoms with Crippen molar-refractivity contribution in [3.8, 4) is 5.75 Å². The summed E-state index contributed by atoms with van der Waals surface area (Å²) in [5, 5.41) is 5.35. The fourth-order valence-electron chi connectivity index (χ4n) is 2.99. The van der Waals surface area contributed by atoms with Crippen molar-refractivity contribution >= 4 is 23.0 Å².